The van der Waals surface area contributed by atoms with Crippen molar-refractivity contribution < 1.29 is 13.2 Å². The lowest BCUT2D eigenvalue weighted by Crippen LogP contribution is -2.52. The van der Waals surface area contributed by atoms with Crippen molar-refractivity contribution in [1.29, 1.82) is 0 Å². The molecular formula is C24H28N4O3S. The number of aromatic nitrogens is 2. The number of sulfone groups is 1. The van der Waals surface area contributed by atoms with Gasteiger partial charge in [-0.2, -0.15) is 0 Å². The van der Waals surface area contributed by atoms with Crippen LogP contribution in [-0.2, 0) is 21.1 Å². The van der Waals surface area contributed by atoms with Gasteiger partial charge in [0.05, 0.1) is 22.5 Å². The summed E-state index contributed by atoms with van der Waals surface area (Å²) in [4.78, 5) is 21.9. The number of para-hydroxylation sites is 3. The molecule has 1 aromatic heterocycles. The monoisotopic (exact) mass is 452 g/mol. The van der Waals surface area contributed by atoms with E-state index in [9.17, 15) is 13.2 Å². The van der Waals surface area contributed by atoms with E-state index in [1.54, 1.807) is 0 Å². The van der Waals surface area contributed by atoms with Crippen LogP contribution < -0.4 is 0 Å². The van der Waals surface area contributed by atoms with E-state index >= 15 is 0 Å². The van der Waals surface area contributed by atoms with Crippen molar-refractivity contribution in [3.8, 4) is 5.69 Å². The molecule has 0 spiro atoms. The molecule has 3 heterocycles. The van der Waals surface area contributed by atoms with Crippen LogP contribution >= 0.6 is 0 Å². The summed E-state index contributed by atoms with van der Waals surface area (Å²) in [6, 6.07) is 18.3. The van der Waals surface area contributed by atoms with Crippen LogP contribution in [0.5, 0.6) is 0 Å². The van der Waals surface area contributed by atoms with Crippen molar-refractivity contribution >= 4 is 26.8 Å². The Labute approximate surface area is 188 Å². The topological polar surface area (TPSA) is 75.5 Å². The molecule has 0 bridgehead atoms. The highest BCUT2D eigenvalue weighted by atomic mass is 32.2. The lowest BCUT2D eigenvalue weighted by Gasteiger charge is -2.37. The van der Waals surface area contributed by atoms with Gasteiger partial charge in [-0.1, -0.05) is 30.3 Å². The molecule has 0 radical (unpaired) electrons. The minimum absolute atomic E-state index is 0.114. The summed E-state index contributed by atoms with van der Waals surface area (Å²) < 4.78 is 25.7. The van der Waals surface area contributed by atoms with Crippen molar-refractivity contribution in [3.63, 3.8) is 0 Å². The minimum Gasteiger partial charge on any atom is -0.340 e. The Bertz CT molecular complexity index is 1210. The van der Waals surface area contributed by atoms with Crippen LogP contribution in [0.3, 0.4) is 0 Å². The van der Waals surface area contributed by atoms with Crippen LogP contribution in [0.1, 0.15) is 18.7 Å². The fourth-order valence-electron chi connectivity index (χ4n) is 4.89. The molecule has 1 atom stereocenters. The normalized spacial score (nSPS) is 21.2. The lowest BCUT2D eigenvalue weighted by atomic mass is 10.1. The van der Waals surface area contributed by atoms with E-state index in [1.165, 1.54) is 0 Å². The molecule has 2 aliphatic heterocycles. The van der Waals surface area contributed by atoms with Crippen molar-refractivity contribution in [2.24, 2.45) is 0 Å². The zero-order valence-electron chi connectivity index (χ0n) is 18.1. The van der Waals surface area contributed by atoms with Crippen LogP contribution in [-0.4, -0.2) is 77.4 Å². The summed E-state index contributed by atoms with van der Waals surface area (Å²) in [7, 11) is -2.88. The molecule has 2 aliphatic rings. The summed E-state index contributed by atoms with van der Waals surface area (Å²) in [6.45, 7) is 2.80. The molecule has 3 aromatic rings. The average molecular weight is 453 g/mol. The summed E-state index contributed by atoms with van der Waals surface area (Å²) in [6.07, 6.45) is 1.70. The molecule has 1 unspecified atom stereocenters. The van der Waals surface area contributed by atoms with Gasteiger partial charge < -0.3 is 4.90 Å². The first-order valence-corrected chi connectivity index (χ1v) is 13.1. The maximum Gasteiger partial charge on any atom is 0.223 e. The number of imidazole rings is 1. The zero-order chi connectivity index (χ0) is 22.1. The number of aryl methyl sites for hydroxylation is 1. The van der Waals surface area contributed by atoms with Crippen LogP contribution in [0.15, 0.2) is 54.6 Å². The molecule has 5 rings (SSSR count). The largest absolute Gasteiger partial charge is 0.340 e. The lowest BCUT2D eigenvalue weighted by molar-refractivity contribution is -0.133. The van der Waals surface area contributed by atoms with Crippen LogP contribution in [0.25, 0.3) is 16.7 Å². The number of benzene rings is 2. The highest BCUT2D eigenvalue weighted by Crippen LogP contribution is 2.23. The second-order valence-corrected chi connectivity index (χ2v) is 10.9. The zero-order valence-corrected chi connectivity index (χ0v) is 18.9. The Balaban J connectivity index is 1.24. The Hall–Kier alpha value is -2.71. The van der Waals surface area contributed by atoms with Gasteiger partial charge in [0, 0.05) is 50.7 Å². The second-order valence-electron chi connectivity index (χ2n) is 8.66. The molecular weight excluding hydrogens is 424 g/mol. The number of rotatable bonds is 5. The van der Waals surface area contributed by atoms with Gasteiger partial charge in [0.2, 0.25) is 5.91 Å². The quantitative estimate of drug-likeness (QED) is 0.594. The predicted octanol–water partition coefficient (Wildman–Crippen LogP) is 2.29. The summed E-state index contributed by atoms with van der Waals surface area (Å²) in [5.74, 6) is 1.58. The Morgan fingerprint density at radius 1 is 0.969 bits per heavy atom. The molecule has 2 aromatic carbocycles. The van der Waals surface area contributed by atoms with E-state index in [2.05, 4.69) is 27.7 Å². The van der Waals surface area contributed by atoms with Gasteiger partial charge in [-0.3, -0.25) is 14.3 Å². The molecule has 168 valence electrons. The van der Waals surface area contributed by atoms with Gasteiger partial charge in [0.1, 0.15) is 5.82 Å². The van der Waals surface area contributed by atoms with E-state index in [4.69, 9.17) is 4.98 Å². The Kier molecular flexibility index (Phi) is 5.73. The smallest absolute Gasteiger partial charge is 0.223 e. The molecule has 0 saturated carbocycles. The number of nitrogens with zero attached hydrogens (tertiary/aromatic N) is 4. The fourth-order valence-corrected chi connectivity index (χ4v) is 6.65. The van der Waals surface area contributed by atoms with Gasteiger partial charge >= 0.3 is 0 Å². The van der Waals surface area contributed by atoms with Crippen molar-refractivity contribution in [3.05, 3.63) is 60.4 Å². The molecule has 0 N–H and O–H groups in total. The van der Waals surface area contributed by atoms with E-state index in [0.29, 0.717) is 38.1 Å². The SMILES string of the molecule is O=C(CCc1nc2ccccc2n1-c1ccccc1)N1CCN(C2CCS(=O)(=O)C2)CC1. The molecule has 0 aliphatic carbocycles. The third-order valence-electron chi connectivity index (χ3n) is 6.60. The predicted molar refractivity (Wildman–Crippen MR) is 125 cm³/mol. The maximum atomic E-state index is 12.9. The van der Waals surface area contributed by atoms with Gasteiger partial charge in [-0.15, -0.1) is 0 Å². The second kappa shape index (κ2) is 8.67. The van der Waals surface area contributed by atoms with E-state index in [1.807, 2.05) is 41.3 Å². The first kappa shape index (κ1) is 21.2. The van der Waals surface area contributed by atoms with Crippen LogP contribution in [0.2, 0.25) is 0 Å². The van der Waals surface area contributed by atoms with E-state index in [0.717, 1.165) is 35.6 Å². The molecule has 2 fully saturated rings. The van der Waals surface area contributed by atoms with Gasteiger partial charge in [-0.05, 0) is 30.7 Å². The van der Waals surface area contributed by atoms with Crippen molar-refractivity contribution in [2.75, 3.05) is 37.7 Å². The summed E-state index contributed by atoms with van der Waals surface area (Å²) in [5.41, 5.74) is 3.02. The molecule has 7 nitrogen and oxygen atoms in total. The van der Waals surface area contributed by atoms with Crippen LogP contribution in [0.4, 0.5) is 0 Å². The Morgan fingerprint density at radius 3 is 2.41 bits per heavy atom. The number of fused-ring (bicyclic) bond motifs is 1. The molecule has 2 saturated heterocycles. The standard InChI is InChI=1S/C24H28N4O3S/c29-24(27-15-13-26(14-16-27)20-12-17-32(30,31)18-20)11-10-23-25-21-8-4-5-9-22(21)28(23)19-6-2-1-3-7-19/h1-9,20H,10-18H2. The van der Waals surface area contributed by atoms with Crippen molar-refractivity contribution in [1.82, 2.24) is 19.4 Å². The van der Waals surface area contributed by atoms with Crippen molar-refractivity contribution in [2.45, 2.75) is 25.3 Å². The third-order valence-corrected chi connectivity index (χ3v) is 8.35. The number of carbonyl (C=O) groups excluding carboxylic acids is 1. The molecule has 32 heavy (non-hydrogen) atoms. The number of hydrogen-bond donors (Lipinski definition) is 0. The minimum atomic E-state index is -2.88. The van der Waals surface area contributed by atoms with Gasteiger partial charge in [-0.25, -0.2) is 13.4 Å². The first-order valence-electron chi connectivity index (χ1n) is 11.2. The van der Waals surface area contributed by atoms with Crippen LogP contribution in [0, 0.1) is 0 Å². The third kappa shape index (κ3) is 4.29. The van der Waals surface area contributed by atoms with E-state index in [-0.39, 0.29) is 17.7 Å². The molecule has 8 heteroatoms. The fraction of sp³-hybridized carbons (Fsp3) is 0.417. The highest BCUT2D eigenvalue weighted by molar-refractivity contribution is 7.91. The molecule has 1 amide bonds. The highest BCUT2D eigenvalue weighted by Gasteiger charge is 2.34. The number of carbonyl (C=O) groups is 1. The van der Waals surface area contributed by atoms with Gasteiger partial charge in [0.15, 0.2) is 9.84 Å². The summed E-state index contributed by atoms with van der Waals surface area (Å²) >= 11 is 0. The number of amides is 1. The summed E-state index contributed by atoms with van der Waals surface area (Å²) in [5, 5.41) is 0. The average Bonchev–Trinajstić information content (AvgIpc) is 3.37. The Morgan fingerprint density at radius 2 is 1.69 bits per heavy atom. The van der Waals surface area contributed by atoms with E-state index < -0.39 is 9.84 Å². The number of piperazine rings is 1. The number of hydrogen-bond acceptors (Lipinski definition) is 5. The first-order chi connectivity index (χ1) is 15.5. The van der Waals surface area contributed by atoms with Gasteiger partial charge in [0.25, 0.3) is 0 Å². The maximum absolute atomic E-state index is 12.9.